The molecule has 1 atom stereocenters. The third-order valence-corrected chi connectivity index (χ3v) is 3.19. The average molecular weight is 258 g/mol. The first-order valence-electron chi connectivity index (χ1n) is 5.28. The summed E-state index contributed by atoms with van der Waals surface area (Å²) in [4.78, 5) is 11.2. The molecule has 0 spiro atoms. The Hall–Kier alpha value is -1.29. The molecular formula is C12H13ClFNO2. The van der Waals surface area contributed by atoms with Crippen molar-refractivity contribution < 1.29 is 13.9 Å². The van der Waals surface area contributed by atoms with Gasteiger partial charge in [0.05, 0.1) is 11.1 Å². The van der Waals surface area contributed by atoms with Gasteiger partial charge in [-0.3, -0.25) is 0 Å². The van der Waals surface area contributed by atoms with Crippen LogP contribution in [0.25, 0.3) is 0 Å². The molecule has 2 rings (SSSR count). The van der Waals surface area contributed by atoms with Gasteiger partial charge in [-0.25, -0.2) is 9.18 Å². The van der Waals surface area contributed by atoms with E-state index in [4.69, 9.17) is 16.3 Å². The molecule has 1 aromatic carbocycles. The number of amides is 1. The van der Waals surface area contributed by atoms with Crippen molar-refractivity contribution in [2.75, 3.05) is 6.61 Å². The molecule has 1 N–H and O–H groups in total. The van der Waals surface area contributed by atoms with E-state index < -0.39 is 11.9 Å². The Balaban J connectivity index is 2.36. The van der Waals surface area contributed by atoms with Crippen LogP contribution in [0.2, 0.25) is 5.02 Å². The number of nitrogens with one attached hydrogen (secondary N) is 1. The highest BCUT2D eigenvalue weighted by Gasteiger charge is 2.37. The summed E-state index contributed by atoms with van der Waals surface area (Å²) in [6.07, 6.45) is -0.463. The maximum absolute atomic E-state index is 13.1. The molecule has 92 valence electrons. The number of ether oxygens (including phenoxy) is 1. The van der Waals surface area contributed by atoms with Crippen molar-refractivity contribution >= 4 is 17.7 Å². The number of carbonyl (C=O) groups excluding carboxylic acids is 1. The zero-order valence-corrected chi connectivity index (χ0v) is 10.3. The van der Waals surface area contributed by atoms with Crippen LogP contribution in [0.5, 0.6) is 0 Å². The van der Waals surface area contributed by atoms with Crippen LogP contribution in [0, 0.1) is 11.2 Å². The monoisotopic (exact) mass is 257 g/mol. The number of hydrogen-bond donors (Lipinski definition) is 1. The van der Waals surface area contributed by atoms with Crippen LogP contribution in [-0.4, -0.2) is 12.7 Å². The molecule has 1 aliphatic rings. The number of hydrogen-bond acceptors (Lipinski definition) is 2. The van der Waals surface area contributed by atoms with Crippen molar-refractivity contribution in [3.63, 3.8) is 0 Å². The summed E-state index contributed by atoms with van der Waals surface area (Å²) in [6.45, 7) is 4.25. The van der Waals surface area contributed by atoms with E-state index in [-0.39, 0.29) is 16.5 Å². The van der Waals surface area contributed by atoms with Crippen molar-refractivity contribution in [3.05, 3.63) is 34.6 Å². The molecule has 1 fully saturated rings. The van der Waals surface area contributed by atoms with Gasteiger partial charge in [0.1, 0.15) is 12.4 Å². The fourth-order valence-electron chi connectivity index (χ4n) is 1.92. The summed E-state index contributed by atoms with van der Waals surface area (Å²) in [5.74, 6) is -0.466. The number of halogens is 2. The van der Waals surface area contributed by atoms with E-state index in [0.717, 1.165) is 5.56 Å². The SMILES string of the molecule is CC1(C)COC(=O)N[C@@H]1c1ccc(F)c(Cl)c1. The molecule has 3 nitrogen and oxygen atoms in total. The van der Waals surface area contributed by atoms with Gasteiger partial charge < -0.3 is 10.1 Å². The van der Waals surface area contributed by atoms with Crippen LogP contribution in [0.3, 0.4) is 0 Å². The summed E-state index contributed by atoms with van der Waals surface area (Å²) in [5.41, 5.74) is 0.507. The van der Waals surface area contributed by atoms with Crippen LogP contribution in [-0.2, 0) is 4.74 Å². The quantitative estimate of drug-likeness (QED) is 0.838. The molecule has 1 saturated heterocycles. The van der Waals surface area contributed by atoms with Gasteiger partial charge in [0.15, 0.2) is 0 Å². The molecule has 0 radical (unpaired) electrons. The Morgan fingerprint density at radius 2 is 2.24 bits per heavy atom. The average Bonchev–Trinajstić information content (AvgIpc) is 2.26. The highest BCUT2D eigenvalue weighted by molar-refractivity contribution is 6.30. The minimum absolute atomic E-state index is 0.0547. The molecular weight excluding hydrogens is 245 g/mol. The van der Waals surface area contributed by atoms with Gasteiger partial charge in [0.25, 0.3) is 0 Å². The lowest BCUT2D eigenvalue weighted by Crippen LogP contribution is -2.46. The van der Waals surface area contributed by atoms with E-state index in [2.05, 4.69) is 5.32 Å². The zero-order chi connectivity index (χ0) is 12.6. The van der Waals surface area contributed by atoms with E-state index in [1.165, 1.54) is 12.1 Å². The third kappa shape index (κ3) is 2.36. The summed E-state index contributed by atoms with van der Waals surface area (Å²) in [6, 6.07) is 4.23. The Morgan fingerprint density at radius 3 is 2.88 bits per heavy atom. The number of benzene rings is 1. The number of alkyl carbamates (subject to hydrolysis) is 1. The van der Waals surface area contributed by atoms with Crippen LogP contribution < -0.4 is 5.32 Å². The molecule has 17 heavy (non-hydrogen) atoms. The predicted octanol–water partition coefficient (Wildman–Crippen LogP) is 3.29. The first-order valence-corrected chi connectivity index (χ1v) is 5.66. The summed E-state index contributed by atoms with van der Waals surface area (Å²) < 4.78 is 18.0. The standard InChI is InChI=1S/C12H13ClFNO2/c1-12(2)6-17-11(16)15-10(12)7-3-4-9(14)8(13)5-7/h3-5,10H,6H2,1-2H3,(H,15,16)/t10-/m1/s1. The normalized spacial score (nSPS) is 22.8. The highest BCUT2D eigenvalue weighted by Crippen LogP contribution is 2.37. The lowest BCUT2D eigenvalue weighted by atomic mass is 9.80. The second-order valence-corrected chi connectivity index (χ2v) is 5.22. The molecule has 0 unspecified atom stereocenters. The Labute approximate surface area is 104 Å². The van der Waals surface area contributed by atoms with Crippen LogP contribution in [0.4, 0.5) is 9.18 Å². The lowest BCUT2D eigenvalue weighted by molar-refractivity contribution is 0.0387. The molecule has 0 aliphatic carbocycles. The van der Waals surface area contributed by atoms with Gasteiger partial charge in [-0.2, -0.15) is 0 Å². The molecule has 0 bridgehead atoms. The van der Waals surface area contributed by atoms with Crippen molar-refractivity contribution in [2.24, 2.45) is 5.41 Å². The smallest absolute Gasteiger partial charge is 0.407 e. The van der Waals surface area contributed by atoms with Gasteiger partial charge in [-0.1, -0.05) is 31.5 Å². The van der Waals surface area contributed by atoms with Crippen molar-refractivity contribution in [2.45, 2.75) is 19.9 Å². The molecule has 1 heterocycles. The topological polar surface area (TPSA) is 38.3 Å². The Morgan fingerprint density at radius 1 is 1.53 bits per heavy atom. The maximum Gasteiger partial charge on any atom is 0.407 e. The molecule has 0 saturated carbocycles. The zero-order valence-electron chi connectivity index (χ0n) is 9.59. The third-order valence-electron chi connectivity index (χ3n) is 2.90. The summed E-state index contributed by atoms with van der Waals surface area (Å²) in [7, 11) is 0. The second-order valence-electron chi connectivity index (χ2n) is 4.82. The van der Waals surface area contributed by atoms with Gasteiger partial charge in [0.2, 0.25) is 0 Å². The second kappa shape index (κ2) is 4.18. The first kappa shape index (κ1) is 12.2. The van der Waals surface area contributed by atoms with E-state index >= 15 is 0 Å². The number of cyclic esters (lactones) is 1. The van der Waals surface area contributed by atoms with E-state index in [9.17, 15) is 9.18 Å². The van der Waals surface area contributed by atoms with Gasteiger partial charge in [-0.15, -0.1) is 0 Å². The molecule has 1 aliphatic heterocycles. The number of rotatable bonds is 1. The fraction of sp³-hybridized carbons (Fsp3) is 0.417. The van der Waals surface area contributed by atoms with Crippen LogP contribution >= 0.6 is 11.6 Å². The maximum atomic E-state index is 13.1. The predicted molar refractivity (Wildman–Crippen MR) is 62.4 cm³/mol. The first-order chi connectivity index (χ1) is 7.90. The molecule has 1 aromatic rings. The number of carbonyl (C=O) groups is 1. The van der Waals surface area contributed by atoms with E-state index in [0.29, 0.717) is 6.61 Å². The van der Waals surface area contributed by atoms with Gasteiger partial charge >= 0.3 is 6.09 Å². The Bertz CT molecular complexity index is 462. The lowest BCUT2D eigenvalue weighted by Gasteiger charge is -2.38. The van der Waals surface area contributed by atoms with Crippen molar-refractivity contribution in [3.8, 4) is 0 Å². The highest BCUT2D eigenvalue weighted by atomic mass is 35.5. The van der Waals surface area contributed by atoms with Gasteiger partial charge in [-0.05, 0) is 17.7 Å². The Kier molecular flexibility index (Phi) is 3.00. The summed E-state index contributed by atoms with van der Waals surface area (Å²) in [5, 5.41) is 2.78. The van der Waals surface area contributed by atoms with Crippen molar-refractivity contribution in [1.29, 1.82) is 0 Å². The molecule has 5 heteroatoms. The minimum atomic E-state index is -0.466. The summed E-state index contributed by atoms with van der Waals surface area (Å²) >= 11 is 5.74. The molecule has 0 aromatic heterocycles. The van der Waals surface area contributed by atoms with Crippen LogP contribution in [0.1, 0.15) is 25.5 Å². The fourth-order valence-corrected chi connectivity index (χ4v) is 2.11. The van der Waals surface area contributed by atoms with Crippen LogP contribution in [0.15, 0.2) is 18.2 Å². The van der Waals surface area contributed by atoms with E-state index in [1.807, 2.05) is 13.8 Å². The minimum Gasteiger partial charge on any atom is -0.449 e. The van der Waals surface area contributed by atoms with Crippen molar-refractivity contribution in [1.82, 2.24) is 5.32 Å². The molecule has 1 amide bonds. The van der Waals surface area contributed by atoms with E-state index in [1.54, 1.807) is 6.07 Å². The largest absolute Gasteiger partial charge is 0.449 e. The van der Waals surface area contributed by atoms with Gasteiger partial charge in [0, 0.05) is 5.41 Å².